The molecule has 2 saturated heterocycles. The molecule has 2 aliphatic rings. The van der Waals surface area contributed by atoms with Crippen molar-refractivity contribution in [3.05, 3.63) is 21.9 Å². The molecule has 0 spiro atoms. The van der Waals surface area contributed by atoms with Gasteiger partial charge in [0.05, 0.1) is 18.1 Å². The van der Waals surface area contributed by atoms with E-state index in [1.807, 2.05) is 18.4 Å². The molecule has 0 radical (unpaired) electrons. The van der Waals surface area contributed by atoms with Crippen LogP contribution >= 0.6 is 11.3 Å². The normalized spacial score (nSPS) is 26.2. The number of likely N-dealkylation sites (tertiary alicyclic amines) is 1. The van der Waals surface area contributed by atoms with E-state index in [1.165, 1.54) is 16.2 Å². The number of nitrogens with zero attached hydrogens (tertiary/aromatic N) is 2. The summed E-state index contributed by atoms with van der Waals surface area (Å²) >= 11 is 1.38. The number of carboxylic acids is 1. The standard InChI is InChI=1S/C16H22N2O4S/c1-11-3-9-23-14(11)15(19)18-4-2-12(10-13(18)16(20)21)17-5-7-22-8-6-17/h3,9,12-13H,2,4-8,10H2,1H3,(H,20,21)/t12-,13+/m0/s1. The Hall–Kier alpha value is -1.44. The van der Waals surface area contributed by atoms with E-state index in [-0.39, 0.29) is 11.9 Å². The van der Waals surface area contributed by atoms with Crippen LogP contribution < -0.4 is 0 Å². The van der Waals surface area contributed by atoms with Crippen LogP contribution in [-0.4, -0.2) is 71.7 Å². The Balaban J connectivity index is 1.73. The third-order valence-corrected chi connectivity index (χ3v) is 5.74. The highest BCUT2D eigenvalue weighted by Crippen LogP contribution is 2.27. The van der Waals surface area contributed by atoms with Crippen LogP contribution in [-0.2, 0) is 9.53 Å². The summed E-state index contributed by atoms with van der Waals surface area (Å²) in [6.07, 6.45) is 1.31. The minimum atomic E-state index is -0.912. The van der Waals surface area contributed by atoms with E-state index >= 15 is 0 Å². The van der Waals surface area contributed by atoms with Crippen LogP contribution in [0.1, 0.15) is 28.1 Å². The van der Waals surface area contributed by atoms with Gasteiger partial charge in [-0.05, 0) is 36.8 Å². The fourth-order valence-electron chi connectivity index (χ4n) is 3.42. The van der Waals surface area contributed by atoms with Crippen molar-refractivity contribution >= 4 is 23.2 Å². The van der Waals surface area contributed by atoms with Crippen molar-refractivity contribution in [3.63, 3.8) is 0 Å². The Labute approximate surface area is 139 Å². The predicted octanol–water partition coefficient (Wildman–Crippen LogP) is 1.45. The molecule has 0 aliphatic carbocycles. The van der Waals surface area contributed by atoms with E-state index in [2.05, 4.69) is 4.90 Å². The number of hydrogen-bond acceptors (Lipinski definition) is 5. The maximum atomic E-state index is 12.7. The van der Waals surface area contributed by atoms with Crippen molar-refractivity contribution in [1.29, 1.82) is 0 Å². The van der Waals surface area contributed by atoms with Crippen LogP contribution in [0, 0.1) is 6.92 Å². The molecule has 1 N–H and O–H groups in total. The number of thiophene rings is 1. The van der Waals surface area contributed by atoms with Crippen molar-refractivity contribution in [3.8, 4) is 0 Å². The van der Waals surface area contributed by atoms with Crippen LogP contribution in [0.4, 0.5) is 0 Å². The van der Waals surface area contributed by atoms with Gasteiger partial charge in [-0.3, -0.25) is 9.69 Å². The summed E-state index contributed by atoms with van der Waals surface area (Å²) in [5.41, 5.74) is 0.916. The Morgan fingerprint density at radius 2 is 2.04 bits per heavy atom. The number of carbonyl (C=O) groups excluding carboxylic acids is 1. The molecule has 7 heteroatoms. The largest absolute Gasteiger partial charge is 0.480 e. The molecule has 126 valence electrons. The van der Waals surface area contributed by atoms with Gasteiger partial charge in [0.1, 0.15) is 6.04 Å². The molecule has 0 saturated carbocycles. The maximum Gasteiger partial charge on any atom is 0.326 e. The van der Waals surface area contributed by atoms with Gasteiger partial charge in [0.15, 0.2) is 0 Å². The number of hydrogen-bond donors (Lipinski definition) is 1. The van der Waals surface area contributed by atoms with Crippen LogP contribution in [0.15, 0.2) is 11.4 Å². The molecular weight excluding hydrogens is 316 g/mol. The number of carbonyl (C=O) groups is 2. The molecule has 3 heterocycles. The lowest BCUT2D eigenvalue weighted by molar-refractivity contribution is -0.144. The van der Waals surface area contributed by atoms with E-state index in [4.69, 9.17) is 4.74 Å². The molecular formula is C16H22N2O4S. The van der Waals surface area contributed by atoms with Crippen LogP contribution in [0.2, 0.25) is 0 Å². The number of amides is 1. The van der Waals surface area contributed by atoms with Crippen molar-refractivity contribution in [1.82, 2.24) is 9.80 Å². The zero-order valence-corrected chi connectivity index (χ0v) is 14.1. The first-order chi connectivity index (χ1) is 11.1. The lowest BCUT2D eigenvalue weighted by Gasteiger charge is -2.42. The molecule has 2 atom stereocenters. The summed E-state index contributed by atoms with van der Waals surface area (Å²) in [5.74, 6) is -1.06. The van der Waals surface area contributed by atoms with Crippen LogP contribution in [0.3, 0.4) is 0 Å². The molecule has 2 fully saturated rings. The third kappa shape index (κ3) is 3.41. The van der Waals surface area contributed by atoms with Crippen molar-refractivity contribution in [2.75, 3.05) is 32.8 Å². The number of piperidine rings is 1. The summed E-state index contributed by atoms with van der Waals surface area (Å²) in [6, 6.07) is 1.37. The Bertz CT molecular complexity index is 582. The van der Waals surface area contributed by atoms with Gasteiger partial charge in [-0.2, -0.15) is 0 Å². The molecule has 0 bridgehead atoms. The second-order valence-electron chi connectivity index (χ2n) is 6.11. The van der Waals surface area contributed by atoms with E-state index in [1.54, 1.807) is 0 Å². The molecule has 1 aromatic heterocycles. The van der Waals surface area contributed by atoms with Gasteiger partial charge in [-0.25, -0.2) is 4.79 Å². The zero-order valence-electron chi connectivity index (χ0n) is 13.2. The van der Waals surface area contributed by atoms with Crippen molar-refractivity contribution in [2.45, 2.75) is 31.8 Å². The van der Waals surface area contributed by atoms with E-state index < -0.39 is 12.0 Å². The zero-order chi connectivity index (χ0) is 16.4. The fraction of sp³-hybridized carbons (Fsp3) is 0.625. The smallest absolute Gasteiger partial charge is 0.326 e. The number of ether oxygens (including phenoxy) is 1. The first kappa shape index (κ1) is 16.4. The molecule has 3 rings (SSSR count). The van der Waals surface area contributed by atoms with Crippen molar-refractivity contribution < 1.29 is 19.4 Å². The fourth-order valence-corrected chi connectivity index (χ4v) is 4.30. The topological polar surface area (TPSA) is 70.1 Å². The third-order valence-electron chi connectivity index (χ3n) is 4.74. The summed E-state index contributed by atoms with van der Waals surface area (Å²) in [4.78, 5) is 28.9. The minimum absolute atomic E-state index is 0.148. The lowest BCUT2D eigenvalue weighted by atomic mass is 9.95. The first-order valence-electron chi connectivity index (χ1n) is 7.97. The monoisotopic (exact) mass is 338 g/mol. The second-order valence-corrected chi connectivity index (χ2v) is 7.03. The highest BCUT2D eigenvalue weighted by atomic mass is 32.1. The number of morpholine rings is 1. The second kappa shape index (κ2) is 6.98. The number of rotatable bonds is 3. The summed E-state index contributed by atoms with van der Waals surface area (Å²) in [6.45, 7) is 5.47. The van der Waals surface area contributed by atoms with E-state index in [9.17, 15) is 14.7 Å². The molecule has 1 aromatic rings. The van der Waals surface area contributed by atoms with Gasteiger partial charge >= 0.3 is 5.97 Å². The number of carboxylic acid groups (broad SMARTS) is 1. The Morgan fingerprint density at radius 1 is 1.30 bits per heavy atom. The highest BCUT2D eigenvalue weighted by Gasteiger charge is 2.39. The van der Waals surface area contributed by atoms with Gasteiger partial charge in [0, 0.05) is 25.7 Å². The summed E-state index contributed by atoms with van der Waals surface area (Å²) < 4.78 is 5.37. The SMILES string of the molecule is Cc1ccsc1C(=O)N1CC[C@H](N2CCOCC2)C[C@@H]1C(=O)O. The average molecular weight is 338 g/mol. The molecule has 0 unspecified atom stereocenters. The van der Waals surface area contributed by atoms with Crippen molar-refractivity contribution in [2.24, 2.45) is 0 Å². The number of aryl methyl sites for hydroxylation is 1. The first-order valence-corrected chi connectivity index (χ1v) is 8.85. The molecule has 6 nitrogen and oxygen atoms in total. The molecule has 0 aromatic carbocycles. The minimum Gasteiger partial charge on any atom is -0.480 e. The summed E-state index contributed by atoms with van der Waals surface area (Å²) in [7, 11) is 0. The molecule has 23 heavy (non-hydrogen) atoms. The maximum absolute atomic E-state index is 12.7. The lowest BCUT2D eigenvalue weighted by Crippen LogP contribution is -2.56. The van der Waals surface area contributed by atoms with Gasteiger partial charge in [0.2, 0.25) is 0 Å². The van der Waals surface area contributed by atoms with E-state index in [0.29, 0.717) is 31.1 Å². The molecule has 2 aliphatic heterocycles. The van der Waals surface area contributed by atoms with Gasteiger partial charge in [-0.15, -0.1) is 11.3 Å². The van der Waals surface area contributed by atoms with Crippen LogP contribution in [0.5, 0.6) is 0 Å². The Kier molecular flexibility index (Phi) is 4.99. The molecule has 1 amide bonds. The highest BCUT2D eigenvalue weighted by molar-refractivity contribution is 7.12. The van der Waals surface area contributed by atoms with Gasteiger partial charge < -0.3 is 14.7 Å². The number of aliphatic carboxylic acids is 1. The van der Waals surface area contributed by atoms with Gasteiger partial charge in [-0.1, -0.05) is 0 Å². The average Bonchev–Trinajstić information content (AvgIpc) is 3.00. The quantitative estimate of drug-likeness (QED) is 0.903. The Morgan fingerprint density at radius 3 is 2.65 bits per heavy atom. The predicted molar refractivity (Wildman–Crippen MR) is 86.9 cm³/mol. The van der Waals surface area contributed by atoms with Gasteiger partial charge in [0.25, 0.3) is 5.91 Å². The van der Waals surface area contributed by atoms with Crippen LogP contribution in [0.25, 0.3) is 0 Å². The van der Waals surface area contributed by atoms with E-state index in [0.717, 1.165) is 25.1 Å². The summed E-state index contributed by atoms with van der Waals surface area (Å²) in [5, 5.41) is 11.5.